The average Bonchev–Trinajstić information content (AvgIpc) is 3.37. The minimum absolute atomic E-state index is 0.0147. The van der Waals surface area contributed by atoms with Gasteiger partial charge >= 0.3 is 0 Å². The maximum atomic E-state index is 14.8. The molecule has 3 aromatic heterocycles. The topological polar surface area (TPSA) is 85.5 Å². The van der Waals surface area contributed by atoms with Gasteiger partial charge in [0.25, 0.3) is 0 Å². The summed E-state index contributed by atoms with van der Waals surface area (Å²) in [6.07, 6.45) is 6.14. The van der Waals surface area contributed by atoms with Crippen LogP contribution in [0.2, 0.25) is 0 Å². The number of aromatic nitrogens is 4. The number of rotatable bonds is 6. The molecule has 1 amide bonds. The second kappa shape index (κ2) is 6.59. The summed E-state index contributed by atoms with van der Waals surface area (Å²) >= 11 is 0. The van der Waals surface area contributed by atoms with E-state index in [0.717, 1.165) is 37.1 Å². The highest BCUT2D eigenvalue weighted by Gasteiger charge is 2.31. The number of aryl methyl sites for hydroxylation is 1. The maximum absolute atomic E-state index is 14.8. The van der Waals surface area contributed by atoms with E-state index in [0.29, 0.717) is 18.4 Å². The Bertz CT molecular complexity index is 1050. The molecule has 146 valence electrons. The number of anilines is 1. The smallest absolute Gasteiger partial charge is 0.228 e. The minimum atomic E-state index is -0.542. The Kier molecular flexibility index (Phi) is 4.04. The van der Waals surface area contributed by atoms with Crippen LogP contribution in [0.15, 0.2) is 24.5 Å². The molecule has 0 spiro atoms. The number of amides is 1. The van der Waals surface area contributed by atoms with Crippen LogP contribution in [0.3, 0.4) is 0 Å². The molecule has 8 nitrogen and oxygen atoms in total. The second-order valence-corrected chi connectivity index (χ2v) is 7.40. The van der Waals surface area contributed by atoms with Gasteiger partial charge in [0.15, 0.2) is 17.4 Å². The number of carbonyl (C=O) groups excluding carboxylic acids is 1. The lowest BCUT2D eigenvalue weighted by atomic mass is 10.1. The molecule has 3 aromatic rings. The van der Waals surface area contributed by atoms with Crippen molar-refractivity contribution in [1.29, 1.82) is 0 Å². The number of fused-ring (bicyclic) bond motifs is 1. The first-order chi connectivity index (χ1) is 13.6. The van der Waals surface area contributed by atoms with Crippen molar-refractivity contribution in [2.45, 2.75) is 25.3 Å². The minimum Gasteiger partial charge on any atom is -0.488 e. The monoisotopic (exact) mass is 384 g/mol. The summed E-state index contributed by atoms with van der Waals surface area (Å²) in [7, 11) is 1.82. The Morgan fingerprint density at radius 1 is 1.43 bits per heavy atom. The molecule has 2 N–H and O–H groups in total. The predicted octanol–water partition coefficient (Wildman–Crippen LogP) is 1.96. The van der Waals surface area contributed by atoms with E-state index >= 15 is 0 Å². The van der Waals surface area contributed by atoms with Gasteiger partial charge in [0.1, 0.15) is 17.8 Å². The number of pyridine rings is 1. The van der Waals surface area contributed by atoms with Gasteiger partial charge in [0.2, 0.25) is 5.91 Å². The Morgan fingerprint density at radius 3 is 2.96 bits per heavy atom. The summed E-state index contributed by atoms with van der Waals surface area (Å²) in [6.45, 7) is 1.59. The summed E-state index contributed by atoms with van der Waals surface area (Å²) in [5.74, 6) is -0.109. The third kappa shape index (κ3) is 3.01. The van der Waals surface area contributed by atoms with Gasteiger partial charge in [0.05, 0.1) is 6.20 Å². The third-order valence-electron chi connectivity index (χ3n) is 5.31. The van der Waals surface area contributed by atoms with E-state index < -0.39 is 5.82 Å². The van der Waals surface area contributed by atoms with Crippen LogP contribution >= 0.6 is 0 Å². The van der Waals surface area contributed by atoms with Crippen molar-refractivity contribution < 1.29 is 13.9 Å². The molecule has 1 atom stereocenters. The van der Waals surface area contributed by atoms with Crippen LogP contribution in [0.5, 0.6) is 5.75 Å². The molecule has 1 saturated carbocycles. The zero-order chi connectivity index (χ0) is 19.3. The largest absolute Gasteiger partial charge is 0.488 e. The molecule has 1 saturated heterocycles. The highest BCUT2D eigenvalue weighted by molar-refractivity contribution is 5.94. The molecule has 0 bridgehead atoms. The first-order valence-electron chi connectivity index (χ1n) is 9.47. The summed E-state index contributed by atoms with van der Waals surface area (Å²) in [5.41, 5.74) is 1.82. The second-order valence-electron chi connectivity index (χ2n) is 7.40. The van der Waals surface area contributed by atoms with E-state index in [4.69, 9.17) is 4.74 Å². The van der Waals surface area contributed by atoms with E-state index in [1.807, 2.05) is 13.1 Å². The molecule has 0 unspecified atom stereocenters. The Labute approximate surface area is 160 Å². The van der Waals surface area contributed by atoms with Crippen molar-refractivity contribution in [2.75, 3.05) is 18.5 Å². The molecule has 2 fully saturated rings. The Balaban J connectivity index is 1.45. The molecule has 9 heteroatoms. The highest BCUT2D eigenvalue weighted by Crippen LogP contribution is 2.33. The first-order valence-corrected chi connectivity index (χ1v) is 9.47. The van der Waals surface area contributed by atoms with Crippen molar-refractivity contribution in [3.05, 3.63) is 30.3 Å². The number of carbonyl (C=O) groups is 1. The molecule has 1 aliphatic carbocycles. The molecule has 1 aliphatic heterocycles. The number of nitrogens with zero attached hydrogens (tertiary/aromatic N) is 4. The number of hydrogen-bond acceptors (Lipinski definition) is 5. The fraction of sp³-hybridized carbons (Fsp3) is 0.421. The van der Waals surface area contributed by atoms with E-state index in [9.17, 15) is 9.18 Å². The lowest BCUT2D eigenvalue weighted by Gasteiger charge is -2.27. The fourth-order valence-electron chi connectivity index (χ4n) is 3.34. The van der Waals surface area contributed by atoms with Gasteiger partial charge in [0, 0.05) is 30.8 Å². The number of ether oxygens (including phenoxy) is 1. The quantitative estimate of drug-likeness (QED) is 0.679. The molecule has 2 aliphatic rings. The number of halogens is 1. The molecule has 28 heavy (non-hydrogen) atoms. The summed E-state index contributed by atoms with van der Waals surface area (Å²) < 4.78 is 23.9. The average molecular weight is 384 g/mol. The van der Waals surface area contributed by atoms with E-state index in [1.54, 1.807) is 23.1 Å². The molecular weight excluding hydrogens is 363 g/mol. The zero-order valence-electron chi connectivity index (χ0n) is 15.5. The van der Waals surface area contributed by atoms with E-state index in [-0.39, 0.29) is 23.2 Å². The van der Waals surface area contributed by atoms with Crippen molar-refractivity contribution in [1.82, 2.24) is 24.7 Å². The van der Waals surface area contributed by atoms with Gasteiger partial charge < -0.3 is 15.4 Å². The standard InChI is InChI=1S/C19H21FN6O2/c1-25-17(15(9-22-25)28-10-13-4-6-21-13)12-5-7-26-14(8-12)16(20)18(24-26)23-19(27)11-2-3-11/h5,7-9,11,13,21H,2-4,6,10H2,1H3,(H,23,24,27)/t13-/m1/s1. The summed E-state index contributed by atoms with van der Waals surface area (Å²) in [5, 5.41) is 14.3. The summed E-state index contributed by atoms with van der Waals surface area (Å²) in [4.78, 5) is 11.9. The zero-order valence-corrected chi connectivity index (χ0v) is 15.5. The van der Waals surface area contributed by atoms with Gasteiger partial charge in [-0.25, -0.2) is 8.91 Å². The van der Waals surface area contributed by atoms with Crippen molar-refractivity contribution in [3.63, 3.8) is 0 Å². The van der Waals surface area contributed by atoms with E-state index in [1.165, 1.54) is 4.52 Å². The number of hydrogen-bond donors (Lipinski definition) is 2. The highest BCUT2D eigenvalue weighted by atomic mass is 19.1. The Morgan fingerprint density at radius 2 is 2.25 bits per heavy atom. The van der Waals surface area contributed by atoms with Crippen molar-refractivity contribution >= 4 is 17.2 Å². The van der Waals surface area contributed by atoms with Gasteiger partial charge in [-0.3, -0.25) is 9.48 Å². The molecule has 0 aromatic carbocycles. The first kappa shape index (κ1) is 17.2. The lowest BCUT2D eigenvalue weighted by molar-refractivity contribution is -0.117. The van der Waals surface area contributed by atoms with Crippen molar-refractivity contribution in [3.8, 4) is 17.0 Å². The van der Waals surface area contributed by atoms with Crippen LogP contribution in [-0.4, -0.2) is 44.5 Å². The van der Waals surface area contributed by atoms with Crippen LogP contribution in [-0.2, 0) is 11.8 Å². The Hall–Kier alpha value is -2.94. The van der Waals surface area contributed by atoms with E-state index in [2.05, 4.69) is 20.8 Å². The molecule has 0 radical (unpaired) electrons. The summed E-state index contributed by atoms with van der Waals surface area (Å²) in [6, 6.07) is 3.89. The van der Waals surface area contributed by atoms with Gasteiger partial charge in [-0.05, 0) is 37.9 Å². The molecular formula is C19H21FN6O2. The predicted molar refractivity (Wildman–Crippen MR) is 101 cm³/mol. The maximum Gasteiger partial charge on any atom is 0.228 e. The lowest BCUT2D eigenvalue weighted by Crippen LogP contribution is -2.46. The molecule has 5 rings (SSSR count). The van der Waals surface area contributed by atoms with Gasteiger partial charge in [-0.2, -0.15) is 5.10 Å². The van der Waals surface area contributed by atoms with Crippen LogP contribution < -0.4 is 15.4 Å². The fourth-order valence-corrected chi connectivity index (χ4v) is 3.34. The van der Waals surface area contributed by atoms with Crippen molar-refractivity contribution in [2.24, 2.45) is 13.0 Å². The molecule has 4 heterocycles. The normalized spacial score (nSPS) is 18.9. The SMILES string of the molecule is Cn1ncc(OC[C@H]2CCN2)c1-c1ccn2nc(NC(=O)C3CC3)c(F)c2c1. The van der Waals surface area contributed by atoms with Crippen LogP contribution in [0, 0.1) is 11.7 Å². The van der Waals surface area contributed by atoms with Gasteiger partial charge in [-0.15, -0.1) is 5.10 Å². The third-order valence-corrected chi connectivity index (χ3v) is 5.31. The van der Waals surface area contributed by atoms with Crippen LogP contribution in [0.4, 0.5) is 10.2 Å². The van der Waals surface area contributed by atoms with Gasteiger partial charge in [-0.1, -0.05) is 0 Å². The van der Waals surface area contributed by atoms with Crippen LogP contribution in [0.25, 0.3) is 16.8 Å². The van der Waals surface area contributed by atoms with Crippen LogP contribution in [0.1, 0.15) is 19.3 Å². The number of nitrogens with one attached hydrogen (secondary N) is 2.